The maximum atomic E-state index is 12.6. The molecule has 15 heavy (non-hydrogen) atoms. The van der Waals surface area contributed by atoms with Crippen LogP contribution in [0, 0.1) is 17.1 Å². The summed E-state index contributed by atoms with van der Waals surface area (Å²) in [5, 5.41) is 8.41. The van der Waals surface area contributed by atoms with Crippen LogP contribution in [-0.4, -0.2) is 25.0 Å². The smallest absolute Gasteiger partial charge is 0.123 e. The number of likely N-dealkylation sites (N-methyl/N-ethyl adjacent to an activating group) is 1. The van der Waals surface area contributed by atoms with Gasteiger partial charge in [0.1, 0.15) is 5.82 Å². The van der Waals surface area contributed by atoms with Gasteiger partial charge in [-0.15, -0.1) is 0 Å². The summed E-state index contributed by atoms with van der Waals surface area (Å²) < 4.78 is 12.6. The van der Waals surface area contributed by atoms with Crippen LogP contribution in [0.4, 0.5) is 4.39 Å². The predicted molar refractivity (Wildman–Crippen MR) is 57.8 cm³/mol. The SMILES string of the molecule is CN(CCC#N)CCc1ccc(F)cc1. The van der Waals surface area contributed by atoms with E-state index in [0.717, 1.165) is 25.1 Å². The molecule has 1 aromatic rings. The van der Waals surface area contributed by atoms with Gasteiger partial charge in [0.15, 0.2) is 0 Å². The number of hydrogen-bond acceptors (Lipinski definition) is 2. The van der Waals surface area contributed by atoms with Crippen LogP contribution in [0.1, 0.15) is 12.0 Å². The maximum absolute atomic E-state index is 12.6. The molecular formula is C12H15FN2. The number of halogens is 1. The molecule has 0 radical (unpaired) electrons. The number of benzene rings is 1. The monoisotopic (exact) mass is 206 g/mol. The van der Waals surface area contributed by atoms with Gasteiger partial charge in [0.25, 0.3) is 0 Å². The van der Waals surface area contributed by atoms with Crippen molar-refractivity contribution in [2.45, 2.75) is 12.8 Å². The molecule has 1 aromatic carbocycles. The van der Waals surface area contributed by atoms with E-state index in [4.69, 9.17) is 5.26 Å². The topological polar surface area (TPSA) is 27.0 Å². The molecule has 1 rings (SSSR count). The van der Waals surface area contributed by atoms with E-state index in [9.17, 15) is 4.39 Å². The predicted octanol–water partition coefficient (Wildman–Crippen LogP) is 2.21. The first-order chi connectivity index (χ1) is 7.22. The van der Waals surface area contributed by atoms with Crippen LogP contribution >= 0.6 is 0 Å². The third kappa shape index (κ3) is 4.57. The van der Waals surface area contributed by atoms with Crippen LogP contribution in [0.5, 0.6) is 0 Å². The Labute approximate surface area is 89.9 Å². The zero-order valence-corrected chi connectivity index (χ0v) is 8.91. The van der Waals surface area contributed by atoms with Crippen molar-refractivity contribution < 1.29 is 4.39 Å². The standard InChI is InChI=1S/C12H15FN2/c1-15(9-2-8-14)10-7-11-3-5-12(13)6-4-11/h3-6H,2,7,9-10H2,1H3. The Morgan fingerprint density at radius 1 is 1.27 bits per heavy atom. The van der Waals surface area contributed by atoms with E-state index in [1.165, 1.54) is 12.1 Å². The van der Waals surface area contributed by atoms with Crippen molar-refractivity contribution in [2.75, 3.05) is 20.1 Å². The third-order valence-corrected chi connectivity index (χ3v) is 2.30. The van der Waals surface area contributed by atoms with Crippen LogP contribution < -0.4 is 0 Å². The van der Waals surface area contributed by atoms with Crippen molar-refractivity contribution in [3.05, 3.63) is 35.6 Å². The first-order valence-electron chi connectivity index (χ1n) is 5.02. The van der Waals surface area contributed by atoms with E-state index in [1.807, 2.05) is 7.05 Å². The van der Waals surface area contributed by atoms with Crippen molar-refractivity contribution in [1.29, 1.82) is 5.26 Å². The number of rotatable bonds is 5. The van der Waals surface area contributed by atoms with Gasteiger partial charge >= 0.3 is 0 Å². The molecule has 0 fully saturated rings. The third-order valence-electron chi connectivity index (χ3n) is 2.30. The van der Waals surface area contributed by atoms with Gasteiger partial charge in [-0.3, -0.25) is 0 Å². The second kappa shape index (κ2) is 6.15. The quantitative estimate of drug-likeness (QED) is 0.738. The van der Waals surface area contributed by atoms with Crippen LogP contribution in [0.2, 0.25) is 0 Å². The van der Waals surface area contributed by atoms with Gasteiger partial charge in [0.2, 0.25) is 0 Å². The minimum absolute atomic E-state index is 0.198. The highest BCUT2D eigenvalue weighted by atomic mass is 19.1. The van der Waals surface area contributed by atoms with Gasteiger partial charge in [0.05, 0.1) is 6.07 Å². The molecule has 0 aliphatic carbocycles. The summed E-state index contributed by atoms with van der Waals surface area (Å²) in [7, 11) is 1.99. The molecular weight excluding hydrogens is 191 g/mol. The first-order valence-corrected chi connectivity index (χ1v) is 5.02. The van der Waals surface area contributed by atoms with E-state index in [-0.39, 0.29) is 5.82 Å². The molecule has 0 heterocycles. The second-order valence-electron chi connectivity index (χ2n) is 3.59. The molecule has 0 aliphatic heterocycles. The van der Waals surface area contributed by atoms with Crippen LogP contribution in [0.25, 0.3) is 0 Å². The van der Waals surface area contributed by atoms with Crippen molar-refractivity contribution in [3.63, 3.8) is 0 Å². The number of nitriles is 1. The molecule has 0 unspecified atom stereocenters. The molecule has 0 bridgehead atoms. The molecule has 0 N–H and O–H groups in total. The maximum Gasteiger partial charge on any atom is 0.123 e. The molecule has 2 nitrogen and oxygen atoms in total. The summed E-state index contributed by atoms with van der Waals surface area (Å²) in [6.07, 6.45) is 1.45. The zero-order valence-electron chi connectivity index (χ0n) is 8.91. The first kappa shape index (κ1) is 11.7. The van der Waals surface area contributed by atoms with E-state index in [0.29, 0.717) is 6.42 Å². The Hall–Kier alpha value is -1.40. The van der Waals surface area contributed by atoms with Crippen molar-refractivity contribution in [3.8, 4) is 6.07 Å². The van der Waals surface area contributed by atoms with Crippen molar-refractivity contribution in [1.82, 2.24) is 4.90 Å². The summed E-state index contributed by atoms with van der Waals surface area (Å²) in [6, 6.07) is 8.66. The molecule has 0 saturated carbocycles. The normalized spacial score (nSPS) is 10.3. The van der Waals surface area contributed by atoms with E-state index >= 15 is 0 Å². The molecule has 0 spiro atoms. The van der Waals surface area contributed by atoms with Gasteiger partial charge in [0, 0.05) is 19.5 Å². The summed E-state index contributed by atoms with van der Waals surface area (Å²) in [6.45, 7) is 1.69. The minimum Gasteiger partial charge on any atom is -0.305 e. The van der Waals surface area contributed by atoms with Crippen molar-refractivity contribution in [2.24, 2.45) is 0 Å². The van der Waals surface area contributed by atoms with Gasteiger partial charge in [-0.25, -0.2) is 4.39 Å². The molecule has 0 saturated heterocycles. The summed E-state index contributed by atoms with van der Waals surface area (Å²) in [4.78, 5) is 2.10. The Balaban J connectivity index is 2.31. The lowest BCUT2D eigenvalue weighted by Crippen LogP contribution is -2.22. The summed E-state index contributed by atoms with van der Waals surface area (Å²) in [5.74, 6) is -0.198. The molecule has 0 amide bonds. The van der Waals surface area contributed by atoms with Gasteiger partial charge in [-0.2, -0.15) is 5.26 Å². The molecule has 0 aromatic heterocycles. The fourth-order valence-corrected chi connectivity index (χ4v) is 1.32. The van der Waals surface area contributed by atoms with Crippen molar-refractivity contribution >= 4 is 0 Å². The lowest BCUT2D eigenvalue weighted by molar-refractivity contribution is 0.346. The largest absolute Gasteiger partial charge is 0.305 e. The zero-order chi connectivity index (χ0) is 11.1. The van der Waals surface area contributed by atoms with E-state index in [1.54, 1.807) is 12.1 Å². The Morgan fingerprint density at radius 3 is 2.53 bits per heavy atom. The Kier molecular flexibility index (Phi) is 4.79. The summed E-state index contributed by atoms with van der Waals surface area (Å²) in [5.41, 5.74) is 1.13. The van der Waals surface area contributed by atoms with Gasteiger partial charge in [-0.1, -0.05) is 12.1 Å². The molecule has 0 atom stereocenters. The fraction of sp³-hybridized carbons (Fsp3) is 0.417. The van der Waals surface area contributed by atoms with Crippen LogP contribution in [-0.2, 0) is 6.42 Å². The number of nitrogens with zero attached hydrogens (tertiary/aromatic N) is 2. The molecule has 0 aliphatic rings. The minimum atomic E-state index is -0.198. The average Bonchev–Trinajstić information content (AvgIpc) is 2.25. The molecule has 3 heteroatoms. The highest BCUT2D eigenvalue weighted by molar-refractivity contribution is 5.16. The lowest BCUT2D eigenvalue weighted by atomic mass is 10.1. The fourth-order valence-electron chi connectivity index (χ4n) is 1.32. The van der Waals surface area contributed by atoms with E-state index < -0.39 is 0 Å². The molecule has 80 valence electrons. The highest BCUT2D eigenvalue weighted by Crippen LogP contribution is 2.04. The van der Waals surface area contributed by atoms with E-state index in [2.05, 4.69) is 11.0 Å². The lowest BCUT2D eigenvalue weighted by Gasteiger charge is -2.14. The summed E-state index contributed by atoms with van der Waals surface area (Å²) >= 11 is 0. The number of hydrogen-bond donors (Lipinski definition) is 0. The van der Waals surface area contributed by atoms with Crippen LogP contribution in [0.3, 0.4) is 0 Å². The second-order valence-corrected chi connectivity index (χ2v) is 3.59. The Bertz CT molecular complexity index is 326. The van der Waals surface area contributed by atoms with Gasteiger partial charge in [-0.05, 0) is 31.2 Å². The van der Waals surface area contributed by atoms with Crippen LogP contribution in [0.15, 0.2) is 24.3 Å². The average molecular weight is 206 g/mol. The highest BCUT2D eigenvalue weighted by Gasteiger charge is 1.99. The Morgan fingerprint density at radius 2 is 1.93 bits per heavy atom. The van der Waals surface area contributed by atoms with Gasteiger partial charge < -0.3 is 4.90 Å².